The molecule has 10 heteroatoms. The summed E-state index contributed by atoms with van der Waals surface area (Å²) in [6, 6.07) is 3.74. The molecule has 176 valence electrons. The van der Waals surface area contributed by atoms with Crippen molar-refractivity contribution in [2.45, 2.75) is 26.7 Å². The first-order valence-corrected chi connectivity index (χ1v) is 11.4. The smallest absolute Gasteiger partial charge is 0.237 e. The zero-order valence-corrected chi connectivity index (χ0v) is 19.1. The van der Waals surface area contributed by atoms with E-state index in [0.717, 1.165) is 41.6 Å². The monoisotopic (exact) mass is 461 g/mol. The summed E-state index contributed by atoms with van der Waals surface area (Å²) in [5.41, 5.74) is 9.64. The molecule has 1 aliphatic heterocycles. The van der Waals surface area contributed by atoms with Crippen molar-refractivity contribution in [3.8, 4) is 17.1 Å². The van der Waals surface area contributed by atoms with E-state index in [4.69, 9.17) is 10.5 Å². The van der Waals surface area contributed by atoms with E-state index in [0.29, 0.717) is 41.7 Å². The van der Waals surface area contributed by atoms with Crippen molar-refractivity contribution in [1.29, 1.82) is 0 Å². The first-order chi connectivity index (χ1) is 16.4. The molecule has 1 fully saturated rings. The van der Waals surface area contributed by atoms with Gasteiger partial charge in [0.1, 0.15) is 23.9 Å². The minimum Gasteiger partial charge on any atom is -0.474 e. The molecule has 0 saturated heterocycles. The lowest BCUT2D eigenvalue weighted by molar-refractivity contribution is -0.119. The highest BCUT2D eigenvalue weighted by molar-refractivity contribution is 5.98. The molecular weight excluding hydrogens is 434 g/mol. The zero-order chi connectivity index (χ0) is 23.8. The Balaban J connectivity index is 1.36. The first kappa shape index (κ1) is 21.9. The third-order valence-electron chi connectivity index (χ3n) is 6.37. The van der Waals surface area contributed by atoms with Gasteiger partial charge in [0.05, 0.1) is 5.69 Å². The van der Waals surface area contributed by atoms with Gasteiger partial charge < -0.3 is 26.4 Å². The second-order valence-corrected chi connectivity index (χ2v) is 8.80. The van der Waals surface area contributed by atoms with Crippen LogP contribution in [0.4, 0.5) is 17.3 Å². The van der Waals surface area contributed by atoms with Gasteiger partial charge in [0.15, 0.2) is 0 Å². The molecule has 34 heavy (non-hydrogen) atoms. The number of hydrogen-bond acceptors (Lipinski definition) is 8. The number of rotatable bonds is 6. The highest BCUT2D eigenvalue weighted by atomic mass is 16.5. The van der Waals surface area contributed by atoms with Crippen molar-refractivity contribution < 1.29 is 14.3 Å². The van der Waals surface area contributed by atoms with Gasteiger partial charge in [0, 0.05) is 49.3 Å². The maximum Gasteiger partial charge on any atom is 0.237 e. The van der Waals surface area contributed by atoms with Gasteiger partial charge in [0.25, 0.3) is 0 Å². The van der Waals surface area contributed by atoms with E-state index in [9.17, 15) is 9.59 Å². The van der Waals surface area contributed by atoms with Crippen LogP contribution >= 0.6 is 0 Å². The number of carbonyl (C=O) groups is 2. The third-order valence-corrected chi connectivity index (χ3v) is 6.37. The topological polar surface area (TPSA) is 144 Å². The van der Waals surface area contributed by atoms with E-state index in [2.05, 4.69) is 30.9 Å². The number of nitrogens with one attached hydrogen (secondary N) is 3. The summed E-state index contributed by atoms with van der Waals surface area (Å²) in [4.78, 5) is 37.0. The van der Waals surface area contributed by atoms with Crippen LogP contribution in [-0.4, -0.2) is 46.5 Å². The number of nitrogens with zero attached hydrogens (tertiary/aromatic N) is 3. The van der Waals surface area contributed by atoms with Gasteiger partial charge in [-0.3, -0.25) is 9.59 Å². The van der Waals surface area contributed by atoms with Gasteiger partial charge in [-0.1, -0.05) is 0 Å². The normalized spacial score (nSPS) is 18.4. The molecular formula is C24H27N7O3. The summed E-state index contributed by atoms with van der Waals surface area (Å²) in [7, 11) is 0. The number of fused-ring (bicyclic) bond motifs is 2. The highest BCUT2D eigenvalue weighted by Crippen LogP contribution is 2.42. The number of ether oxygens (including phenoxy) is 1. The van der Waals surface area contributed by atoms with Crippen LogP contribution < -0.4 is 26.4 Å². The Morgan fingerprint density at radius 3 is 2.94 bits per heavy atom. The largest absolute Gasteiger partial charge is 0.474 e. The summed E-state index contributed by atoms with van der Waals surface area (Å²) in [5, 5.41) is 10.6. The number of pyridine rings is 3. The van der Waals surface area contributed by atoms with Crippen molar-refractivity contribution in [3.05, 3.63) is 30.1 Å². The van der Waals surface area contributed by atoms with Crippen LogP contribution in [0.2, 0.25) is 0 Å². The molecule has 2 amide bonds. The minimum absolute atomic E-state index is 0.0525. The molecule has 3 aromatic heterocycles. The lowest BCUT2D eigenvalue weighted by atomic mass is 10.0. The van der Waals surface area contributed by atoms with Crippen LogP contribution in [0.1, 0.15) is 25.3 Å². The summed E-state index contributed by atoms with van der Waals surface area (Å²) in [6.07, 6.45) is 4.99. The fraction of sp³-hybridized carbons (Fsp3) is 0.375. The maximum absolute atomic E-state index is 12.7. The number of nitrogens with two attached hydrogens (primary N) is 1. The van der Waals surface area contributed by atoms with Crippen LogP contribution in [0.25, 0.3) is 22.0 Å². The quantitative estimate of drug-likeness (QED) is 0.438. The average Bonchev–Trinajstić information content (AvgIpc) is 3.59. The molecule has 2 atom stereocenters. The van der Waals surface area contributed by atoms with Gasteiger partial charge in [-0.2, -0.15) is 0 Å². The second kappa shape index (κ2) is 8.77. The van der Waals surface area contributed by atoms with E-state index in [1.807, 2.05) is 19.1 Å². The fourth-order valence-electron chi connectivity index (χ4n) is 4.40. The molecule has 5 N–H and O–H groups in total. The molecule has 0 unspecified atom stereocenters. The number of hydrogen-bond donors (Lipinski definition) is 4. The summed E-state index contributed by atoms with van der Waals surface area (Å²) in [6.45, 7) is 5.38. The molecule has 1 aliphatic carbocycles. The molecule has 5 rings (SSSR count). The Morgan fingerprint density at radius 2 is 2.12 bits per heavy atom. The molecule has 0 bridgehead atoms. The van der Waals surface area contributed by atoms with Crippen LogP contribution in [0, 0.1) is 18.8 Å². The lowest BCUT2D eigenvalue weighted by Crippen LogP contribution is -2.22. The molecule has 4 heterocycles. The van der Waals surface area contributed by atoms with E-state index < -0.39 is 0 Å². The number of aromatic nitrogens is 3. The van der Waals surface area contributed by atoms with Gasteiger partial charge in [0.2, 0.25) is 17.7 Å². The van der Waals surface area contributed by atoms with Crippen LogP contribution in [0.15, 0.2) is 24.5 Å². The summed E-state index contributed by atoms with van der Waals surface area (Å²) >= 11 is 0. The summed E-state index contributed by atoms with van der Waals surface area (Å²) in [5.74, 6) is 1.55. The van der Waals surface area contributed by atoms with Crippen LogP contribution in [-0.2, 0) is 9.59 Å². The molecule has 0 aromatic carbocycles. The van der Waals surface area contributed by atoms with Gasteiger partial charge in [-0.15, -0.1) is 0 Å². The van der Waals surface area contributed by atoms with E-state index >= 15 is 0 Å². The number of amides is 2. The zero-order valence-electron chi connectivity index (χ0n) is 19.1. The Bertz CT molecular complexity index is 1290. The lowest BCUT2D eigenvalue weighted by Gasteiger charge is -2.21. The molecule has 0 spiro atoms. The van der Waals surface area contributed by atoms with Crippen molar-refractivity contribution >= 4 is 39.9 Å². The Labute approximate surface area is 196 Å². The first-order valence-electron chi connectivity index (χ1n) is 11.4. The van der Waals surface area contributed by atoms with Crippen molar-refractivity contribution in [2.75, 3.05) is 36.1 Å². The Kier molecular flexibility index (Phi) is 5.64. The fourth-order valence-corrected chi connectivity index (χ4v) is 4.40. The van der Waals surface area contributed by atoms with Crippen LogP contribution in [0.5, 0.6) is 5.88 Å². The van der Waals surface area contributed by atoms with Crippen LogP contribution in [0.3, 0.4) is 0 Å². The molecule has 1 saturated carbocycles. The highest BCUT2D eigenvalue weighted by Gasteiger charge is 2.42. The number of anilines is 3. The molecule has 10 nitrogen and oxygen atoms in total. The van der Waals surface area contributed by atoms with Gasteiger partial charge in [-0.25, -0.2) is 15.0 Å². The third kappa shape index (κ3) is 4.30. The minimum atomic E-state index is -0.0545. The molecule has 3 aromatic rings. The standard InChI is InChI=1S/C24H27N7O3/c1-12-17(10-29-24-21(12)27-5-6-34-24)19-8-15-9-20(28-11-18(15)22(25)30-19)31-23(33)16-7-14(16)3-4-26-13(2)32/h8-11,14,16,27H,3-7H2,1-2H3,(H2,25,30)(H,26,32)(H,28,31,33)/t14-,16+/m1/s1. The SMILES string of the molecule is CC(=O)NCC[C@@H]1C[C@@H]1C(=O)Nc1cc2cc(-c3cnc4c(c3C)NCCO4)nc(N)c2cn1. The van der Waals surface area contributed by atoms with Gasteiger partial charge in [-0.05, 0) is 48.8 Å². The second-order valence-electron chi connectivity index (χ2n) is 8.80. The number of nitrogen functional groups attached to an aromatic ring is 1. The van der Waals surface area contributed by atoms with E-state index in [1.54, 1.807) is 12.4 Å². The molecule has 2 aliphatic rings. The predicted octanol–water partition coefficient (Wildman–Crippen LogP) is 2.49. The van der Waals surface area contributed by atoms with Crippen molar-refractivity contribution in [2.24, 2.45) is 11.8 Å². The van der Waals surface area contributed by atoms with Crippen molar-refractivity contribution in [3.63, 3.8) is 0 Å². The van der Waals surface area contributed by atoms with E-state index in [1.165, 1.54) is 6.92 Å². The summed E-state index contributed by atoms with van der Waals surface area (Å²) < 4.78 is 5.62. The van der Waals surface area contributed by atoms with Gasteiger partial charge >= 0.3 is 0 Å². The predicted molar refractivity (Wildman–Crippen MR) is 129 cm³/mol. The maximum atomic E-state index is 12.7. The number of carbonyl (C=O) groups excluding carboxylic acids is 2. The van der Waals surface area contributed by atoms with Crippen molar-refractivity contribution in [1.82, 2.24) is 20.3 Å². The average molecular weight is 462 g/mol. The van der Waals surface area contributed by atoms with E-state index in [-0.39, 0.29) is 23.7 Å². The Hall–Kier alpha value is -3.95. The molecule has 0 radical (unpaired) electrons. The Morgan fingerprint density at radius 1 is 1.26 bits per heavy atom.